The van der Waals surface area contributed by atoms with Gasteiger partial charge in [0.15, 0.2) is 23.1 Å². The van der Waals surface area contributed by atoms with Gasteiger partial charge in [0, 0.05) is 11.1 Å². The molecule has 0 spiro atoms. The molecule has 1 N–H and O–H groups in total. The summed E-state index contributed by atoms with van der Waals surface area (Å²) in [5.74, 6) is -4.54. The monoisotopic (exact) mass is 486 g/mol. The zero-order valence-electron chi connectivity index (χ0n) is 18.9. The topological polar surface area (TPSA) is 29.5 Å². The Morgan fingerprint density at radius 3 is 1.88 bits per heavy atom. The Kier molecular flexibility index (Phi) is 7.06. The summed E-state index contributed by atoms with van der Waals surface area (Å²) < 4.78 is 84.9. The standard InChI is InChI=1S/C26H28F6O2/c1-14-2-4-15(5-3-14)16-6-8-17(9-7-16)18-10-11-19(23(28)22(18)27)20-12-13-21(24(29)25(20)33)34-26(30,31)32/h10-17,33H,2-9H2,1H3. The minimum absolute atomic E-state index is 0.129. The van der Waals surface area contributed by atoms with Gasteiger partial charge in [-0.3, -0.25) is 0 Å². The number of aromatic hydroxyl groups is 1. The average Bonchev–Trinajstić information content (AvgIpc) is 2.79. The van der Waals surface area contributed by atoms with Crippen LogP contribution in [0.1, 0.15) is 69.8 Å². The molecule has 0 saturated heterocycles. The van der Waals surface area contributed by atoms with E-state index in [1.807, 2.05) is 0 Å². The van der Waals surface area contributed by atoms with Gasteiger partial charge in [0.1, 0.15) is 0 Å². The van der Waals surface area contributed by atoms with Gasteiger partial charge in [-0.25, -0.2) is 8.78 Å². The molecule has 8 heteroatoms. The molecule has 2 nitrogen and oxygen atoms in total. The van der Waals surface area contributed by atoms with Gasteiger partial charge in [-0.2, -0.15) is 4.39 Å². The van der Waals surface area contributed by atoms with Gasteiger partial charge in [-0.05, 0) is 79.9 Å². The maximum absolute atomic E-state index is 15.0. The lowest BCUT2D eigenvalue weighted by Gasteiger charge is -2.37. The predicted octanol–water partition coefficient (Wildman–Crippen LogP) is 8.48. The fraction of sp³-hybridized carbons (Fsp3) is 0.538. The zero-order chi connectivity index (χ0) is 24.6. The van der Waals surface area contributed by atoms with E-state index in [2.05, 4.69) is 11.7 Å². The van der Waals surface area contributed by atoms with Gasteiger partial charge in [-0.1, -0.05) is 31.9 Å². The Balaban J connectivity index is 1.50. The van der Waals surface area contributed by atoms with E-state index in [0.717, 1.165) is 37.7 Å². The lowest BCUT2D eigenvalue weighted by molar-refractivity contribution is -0.275. The van der Waals surface area contributed by atoms with E-state index in [1.54, 1.807) is 0 Å². The number of hydrogen-bond acceptors (Lipinski definition) is 2. The summed E-state index contributed by atoms with van der Waals surface area (Å²) in [7, 11) is 0. The molecule has 34 heavy (non-hydrogen) atoms. The summed E-state index contributed by atoms with van der Waals surface area (Å²) >= 11 is 0. The molecule has 4 rings (SSSR count). The third-order valence-electron chi connectivity index (χ3n) is 7.65. The number of benzene rings is 2. The van der Waals surface area contributed by atoms with Crippen LogP contribution < -0.4 is 4.74 Å². The molecule has 2 aliphatic carbocycles. The maximum atomic E-state index is 15.0. The number of phenolic OH excluding ortho intramolecular Hbond substituents is 1. The first kappa shape index (κ1) is 24.7. The van der Waals surface area contributed by atoms with Crippen molar-refractivity contribution in [2.45, 2.75) is 70.6 Å². The van der Waals surface area contributed by atoms with Gasteiger partial charge in [0.05, 0.1) is 0 Å². The van der Waals surface area contributed by atoms with Gasteiger partial charge < -0.3 is 9.84 Å². The zero-order valence-corrected chi connectivity index (χ0v) is 18.9. The average molecular weight is 486 g/mol. The summed E-state index contributed by atoms with van der Waals surface area (Å²) in [5.41, 5.74) is -0.639. The Hall–Kier alpha value is -2.38. The number of alkyl halides is 3. The van der Waals surface area contributed by atoms with E-state index in [-0.39, 0.29) is 11.5 Å². The van der Waals surface area contributed by atoms with Crippen molar-refractivity contribution in [3.8, 4) is 22.6 Å². The molecule has 186 valence electrons. The Labute approximate surface area is 194 Å². The first-order valence-corrected chi connectivity index (χ1v) is 11.8. The number of halogens is 6. The summed E-state index contributed by atoms with van der Waals surface area (Å²) in [6.45, 7) is 2.28. The van der Waals surface area contributed by atoms with Crippen LogP contribution in [0.5, 0.6) is 11.5 Å². The highest BCUT2D eigenvalue weighted by atomic mass is 19.4. The van der Waals surface area contributed by atoms with Crippen LogP contribution in [0.15, 0.2) is 24.3 Å². The lowest BCUT2D eigenvalue weighted by atomic mass is 9.68. The minimum atomic E-state index is -5.16. The first-order chi connectivity index (χ1) is 16.0. The first-order valence-electron chi connectivity index (χ1n) is 11.8. The molecule has 0 atom stereocenters. The predicted molar refractivity (Wildman–Crippen MR) is 116 cm³/mol. The number of phenols is 1. The van der Waals surface area contributed by atoms with Crippen molar-refractivity contribution in [3.63, 3.8) is 0 Å². The highest BCUT2D eigenvalue weighted by Gasteiger charge is 2.34. The van der Waals surface area contributed by atoms with Gasteiger partial charge >= 0.3 is 6.36 Å². The second kappa shape index (κ2) is 9.70. The molecule has 0 amide bonds. The molecule has 0 aromatic heterocycles. The molecule has 0 bridgehead atoms. The fourth-order valence-electron chi connectivity index (χ4n) is 5.71. The molecule has 0 heterocycles. The largest absolute Gasteiger partial charge is 0.573 e. The Morgan fingerprint density at radius 2 is 1.29 bits per heavy atom. The molecule has 2 aromatic rings. The molecule has 0 unspecified atom stereocenters. The van der Waals surface area contributed by atoms with Crippen LogP contribution in [-0.4, -0.2) is 11.5 Å². The molecular weight excluding hydrogens is 458 g/mol. The fourth-order valence-corrected chi connectivity index (χ4v) is 5.71. The molecule has 0 aliphatic heterocycles. The number of ether oxygens (including phenoxy) is 1. The summed E-state index contributed by atoms with van der Waals surface area (Å²) in [4.78, 5) is 0. The third-order valence-corrected chi connectivity index (χ3v) is 7.65. The van der Waals surface area contributed by atoms with Gasteiger partial charge in [-0.15, -0.1) is 13.2 Å². The second-order valence-corrected chi connectivity index (χ2v) is 9.78. The molecule has 2 fully saturated rings. The van der Waals surface area contributed by atoms with Crippen molar-refractivity contribution in [3.05, 3.63) is 47.3 Å². The van der Waals surface area contributed by atoms with Crippen LogP contribution in [0.4, 0.5) is 26.3 Å². The van der Waals surface area contributed by atoms with Crippen molar-refractivity contribution >= 4 is 0 Å². The van der Waals surface area contributed by atoms with E-state index >= 15 is 4.39 Å². The van der Waals surface area contributed by atoms with Crippen molar-refractivity contribution in [1.29, 1.82) is 0 Å². The van der Waals surface area contributed by atoms with Crippen molar-refractivity contribution in [1.82, 2.24) is 0 Å². The van der Waals surface area contributed by atoms with Crippen LogP contribution in [0.25, 0.3) is 11.1 Å². The van der Waals surface area contributed by atoms with Crippen LogP contribution >= 0.6 is 0 Å². The SMILES string of the molecule is CC1CCC(C2CCC(c3ccc(-c4ccc(OC(F)(F)F)c(F)c4O)c(F)c3F)CC2)CC1. The van der Waals surface area contributed by atoms with Crippen LogP contribution in [0.2, 0.25) is 0 Å². The molecular formula is C26H28F6O2. The Morgan fingerprint density at radius 1 is 0.735 bits per heavy atom. The van der Waals surface area contributed by atoms with E-state index in [4.69, 9.17) is 0 Å². The molecule has 2 saturated carbocycles. The lowest BCUT2D eigenvalue weighted by Crippen LogP contribution is -2.25. The highest BCUT2D eigenvalue weighted by molar-refractivity contribution is 5.72. The highest BCUT2D eigenvalue weighted by Crippen LogP contribution is 2.46. The van der Waals surface area contributed by atoms with Crippen molar-refractivity contribution in [2.24, 2.45) is 17.8 Å². The van der Waals surface area contributed by atoms with Crippen LogP contribution in [0, 0.1) is 35.2 Å². The van der Waals surface area contributed by atoms with E-state index in [9.17, 15) is 27.1 Å². The van der Waals surface area contributed by atoms with E-state index < -0.39 is 46.4 Å². The van der Waals surface area contributed by atoms with Gasteiger partial charge in [0.2, 0.25) is 5.82 Å². The van der Waals surface area contributed by atoms with E-state index in [1.165, 1.54) is 37.8 Å². The molecule has 0 radical (unpaired) electrons. The Bertz CT molecular complexity index is 1020. The molecule has 2 aliphatic rings. The summed E-state index contributed by atoms with van der Waals surface area (Å²) in [6.07, 6.45) is 3.28. The van der Waals surface area contributed by atoms with Gasteiger partial charge in [0.25, 0.3) is 0 Å². The molecule has 2 aromatic carbocycles. The maximum Gasteiger partial charge on any atom is 0.573 e. The van der Waals surface area contributed by atoms with Crippen molar-refractivity contribution < 1.29 is 36.2 Å². The normalized spacial score (nSPS) is 25.9. The van der Waals surface area contributed by atoms with E-state index in [0.29, 0.717) is 17.9 Å². The number of rotatable bonds is 4. The smallest absolute Gasteiger partial charge is 0.504 e. The number of hydrogen-bond donors (Lipinski definition) is 1. The minimum Gasteiger partial charge on any atom is -0.504 e. The third kappa shape index (κ3) is 5.15. The quantitative estimate of drug-likeness (QED) is 0.439. The van der Waals surface area contributed by atoms with Crippen LogP contribution in [-0.2, 0) is 0 Å². The van der Waals surface area contributed by atoms with Crippen molar-refractivity contribution in [2.75, 3.05) is 0 Å². The van der Waals surface area contributed by atoms with Crippen LogP contribution in [0.3, 0.4) is 0 Å². The summed E-state index contributed by atoms with van der Waals surface area (Å²) in [6, 6.07) is 4.16. The second-order valence-electron chi connectivity index (χ2n) is 9.78. The summed E-state index contributed by atoms with van der Waals surface area (Å²) in [5, 5.41) is 10.0.